The van der Waals surface area contributed by atoms with Gasteiger partial charge in [-0.1, -0.05) is 36.4 Å². The second-order valence-corrected chi connectivity index (χ2v) is 6.05. The van der Waals surface area contributed by atoms with Gasteiger partial charge >= 0.3 is 5.97 Å². The maximum absolute atomic E-state index is 11.9. The quantitative estimate of drug-likeness (QED) is 0.359. The number of aromatic nitrogens is 1. The summed E-state index contributed by atoms with van der Waals surface area (Å²) in [6, 6.07) is 17.1. The molecule has 1 amide bonds. The van der Waals surface area contributed by atoms with Crippen LogP contribution in [0.2, 0.25) is 0 Å². The van der Waals surface area contributed by atoms with Crippen LogP contribution in [0, 0.1) is 0 Å². The van der Waals surface area contributed by atoms with E-state index in [-0.39, 0.29) is 25.0 Å². The number of ether oxygens (including phenoxy) is 1. The largest absolute Gasteiger partial charge is 0.465 e. The third-order valence-electron chi connectivity index (χ3n) is 4.04. The van der Waals surface area contributed by atoms with Crippen LogP contribution in [-0.2, 0) is 20.9 Å². The Morgan fingerprint density at radius 2 is 1.86 bits per heavy atom. The van der Waals surface area contributed by atoms with Crippen LogP contribution in [0.4, 0.5) is 5.69 Å². The third kappa shape index (κ3) is 4.97. The van der Waals surface area contributed by atoms with Gasteiger partial charge in [-0.3, -0.25) is 9.59 Å². The molecule has 1 heterocycles. The van der Waals surface area contributed by atoms with E-state index in [1.54, 1.807) is 13.1 Å². The zero-order chi connectivity index (χ0) is 19.8. The van der Waals surface area contributed by atoms with Gasteiger partial charge in [0.05, 0.1) is 19.4 Å². The molecule has 3 rings (SSSR count). The maximum Gasteiger partial charge on any atom is 0.325 e. The second-order valence-electron chi connectivity index (χ2n) is 6.05. The summed E-state index contributed by atoms with van der Waals surface area (Å²) in [7, 11) is 0. The number of carbonyl (C=O) groups is 2. The Bertz CT molecular complexity index is 980. The van der Waals surface area contributed by atoms with Gasteiger partial charge in [-0.25, -0.2) is 5.43 Å². The molecule has 144 valence electrons. The summed E-state index contributed by atoms with van der Waals surface area (Å²) in [5.41, 5.74) is 5.07. The summed E-state index contributed by atoms with van der Waals surface area (Å²) in [5, 5.41) is 7.99. The van der Waals surface area contributed by atoms with E-state index in [2.05, 4.69) is 15.8 Å². The van der Waals surface area contributed by atoms with Crippen LogP contribution < -0.4 is 10.7 Å². The Hall–Kier alpha value is -3.61. The summed E-state index contributed by atoms with van der Waals surface area (Å²) in [6.45, 7) is 2.36. The molecule has 28 heavy (non-hydrogen) atoms. The van der Waals surface area contributed by atoms with Crippen LogP contribution >= 0.6 is 0 Å². The number of carbonyl (C=O) groups excluding carboxylic acids is 2. The minimum Gasteiger partial charge on any atom is -0.465 e. The Labute approximate surface area is 163 Å². The van der Waals surface area contributed by atoms with Crippen molar-refractivity contribution in [2.24, 2.45) is 5.10 Å². The SMILES string of the molecule is CCOC(=O)Cn1cc(/C=N\NC(=O)CNc2ccccc2)c2ccccc21. The van der Waals surface area contributed by atoms with Gasteiger partial charge in [-0.05, 0) is 25.1 Å². The highest BCUT2D eigenvalue weighted by Crippen LogP contribution is 2.20. The number of hydrazone groups is 1. The van der Waals surface area contributed by atoms with Gasteiger partial charge in [-0.2, -0.15) is 5.10 Å². The van der Waals surface area contributed by atoms with Crippen molar-refractivity contribution < 1.29 is 14.3 Å². The van der Waals surface area contributed by atoms with Gasteiger partial charge in [0, 0.05) is 28.4 Å². The van der Waals surface area contributed by atoms with E-state index < -0.39 is 0 Å². The van der Waals surface area contributed by atoms with E-state index in [1.807, 2.05) is 65.4 Å². The molecule has 0 fully saturated rings. The first-order chi connectivity index (χ1) is 13.7. The Kier molecular flexibility index (Phi) is 6.41. The van der Waals surface area contributed by atoms with Gasteiger partial charge in [0.15, 0.2) is 0 Å². The molecule has 0 saturated heterocycles. The fourth-order valence-corrected chi connectivity index (χ4v) is 2.81. The third-order valence-corrected chi connectivity index (χ3v) is 4.04. The summed E-state index contributed by atoms with van der Waals surface area (Å²) in [6.07, 6.45) is 3.39. The summed E-state index contributed by atoms with van der Waals surface area (Å²) >= 11 is 0. The maximum atomic E-state index is 11.9. The van der Waals surface area contributed by atoms with Crippen LogP contribution in [0.3, 0.4) is 0 Å². The fourth-order valence-electron chi connectivity index (χ4n) is 2.81. The second kappa shape index (κ2) is 9.36. The van der Waals surface area contributed by atoms with Gasteiger partial charge in [0.25, 0.3) is 5.91 Å². The van der Waals surface area contributed by atoms with E-state index in [0.29, 0.717) is 6.61 Å². The topological polar surface area (TPSA) is 84.7 Å². The standard InChI is InChI=1S/C21H22N4O3/c1-2-28-21(27)15-25-14-16(18-10-6-7-11-19(18)25)12-23-24-20(26)13-22-17-8-4-3-5-9-17/h3-12,14,22H,2,13,15H2,1H3,(H,24,26)/b23-12-. The summed E-state index contributed by atoms with van der Waals surface area (Å²) < 4.78 is 6.84. The Morgan fingerprint density at radius 1 is 1.11 bits per heavy atom. The lowest BCUT2D eigenvalue weighted by Gasteiger charge is -2.04. The highest BCUT2D eigenvalue weighted by atomic mass is 16.5. The lowest BCUT2D eigenvalue weighted by atomic mass is 10.2. The first-order valence-corrected chi connectivity index (χ1v) is 9.01. The number of para-hydroxylation sites is 2. The Morgan fingerprint density at radius 3 is 2.64 bits per heavy atom. The van der Waals surface area contributed by atoms with E-state index in [0.717, 1.165) is 22.2 Å². The van der Waals surface area contributed by atoms with Crippen LogP contribution in [0.25, 0.3) is 10.9 Å². The van der Waals surface area contributed by atoms with Crippen molar-refractivity contribution in [1.29, 1.82) is 0 Å². The number of anilines is 1. The van der Waals surface area contributed by atoms with Crippen LogP contribution in [-0.4, -0.2) is 35.8 Å². The first-order valence-electron chi connectivity index (χ1n) is 9.01. The molecular formula is C21H22N4O3. The molecule has 0 atom stereocenters. The number of rotatable bonds is 8. The number of amides is 1. The monoisotopic (exact) mass is 378 g/mol. The lowest BCUT2D eigenvalue weighted by Crippen LogP contribution is -2.25. The first kappa shape index (κ1) is 19.2. The fraction of sp³-hybridized carbons (Fsp3) is 0.190. The van der Waals surface area contributed by atoms with Crippen LogP contribution in [0.1, 0.15) is 12.5 Å². The van der Waals surface area contributed by atoms with Crippen molar-refractivity contribution in [3.63, 3.8) is 0 Å². The Balaban J connectivity index is 1.64. The van der Waals surface area contributed by atoms with E-state index in [9.17, 15) is 9.59 Å². The summed E-state index contributed by atoms with van der Waals surface area (Å²) in [4.78, 5) is 23.8. The molecule has 2 N–H and O–H groups in total. The van der Waals surface area contributed by atoms with Crippen molar-refractivity contribution >= 4 is 34.7 Å². The molecule has 2 aromatic carbocycles. The average molecular weight is 378 g/mol. The minimum atomic E-state index is -0.299. The molecular weight excluding hydrogens is 356 g/mol. The predicted molar refractivity (Wildman–Crippen MR) is 109 cm³/mol. The number of nitrogens with one attached hydrogen (secondary N) is 2. The van der Waals surface area contributed by atoms with Crippen molar-refractivity contribution in [2.75, 3.05) is 18.5 Å². The number of hydrogen-bond acceptors (Lipinski definition) is 5. The molecule has 0 bridgehead atoms. The molecule has 0 spiro atoms. The van der Waals surface area contributed by atoms with Gasteiger partial charge in [0.1, 0.15) is 6.54 Å². The van der Waals surface area contributed by atoms with E-state index in [1.165, 1.54) is 0 Å². The molecule has 0 aliphatic carbocycles. The number of fused-ring (bicyclic) bond motifs is 1. The van der Waals surface area contributed by atoms with Gasteiger partial charge < -0.3 is 14.6 Å². The molecule has 0 radical (unpaired) electrons. The minimum absolute atomic E-state index is 0.117. The molecule has 0 unspecified atom stereocenters. The van der Waals surface area contributed by atoms with Crippen molar-refractivity contribution in [3.8, 4) is 0 Å². The predicted octanol–water partition coefficient (Wildman–Crippen LogP) is 2.77. The zero-order valence-corrected chi connectivity index (χ0v) is 15.6. The highest BCUT2D eigenvalue weighted by molar-refractivity contribution is 6.00. The van der Waals surface area contributed by atoms with Crippen molar-refractivity contribution in [1.82, 2.24) is 9.99 Å². The number of benzene rings is 2. The van der Waals surface area contributed by atoms with Gasteiger partial charge in [0.2, 0.25) is 0 Å². The van der Waals surface area contributed by atoms with E-state index in [4.69, 9.17) is 4.74 Å². The highest BCUT2D eigenvalue weighted by Gasteiger charge is 2.10. The van der Waals surface area contributed by atoms with Crippen LogP contribution in [0.5, 0.6) is 0 Å². The van der Waals surface area contributed by atoms with Crippen LogP contribution in [0.15, 0.2) is 65.9 Å². The average Bonchev–Trinajstić information content (AvgIpc) is 3.05. The van der Waals surface area contributed by atoms with Crippen molar-refractivity contribution in [3.05, 3.63) is 66.4 Å². The van der Waals surface area contributed by atoms with Crippen molar-refractivity contribution in [2.45, 2.75) is 13.5 Å². The molecule has 7 nitrogen and oxygen atoms in total. The van der Waals surface area contributed by atoms with E-state index >= 15 is 0 Å². The van der Waals surface area contributed by atoms with Gasteiger partial charge in [-0.15, -0.1) is 0 Å². The smallest absolute Gasteiger partial charge is 0.325 e. The number of nitrogens with zero attached hydrogens (tertiary/aromatic N) is 2. The zero-order valence-electron chi connectivity index (χ0n) is 15.6. The molecule has 0 aliphatic rings. The molecule has 7 heteroatoms. The molecule has 0 saturated carbocycles. The molecule has 3 aromatic rings. The summed E-state index contributed by atoms with van der Waals surface area (Å²) in [5.74, 6) is -0.553. The number of hydrogen-bond donors (Lipinski definition) is 2. The molecule has 0 aliphatic heterocycles. The number of esters is 1. The normalized spacial score (nSPS) is 10.9. The lowest BCUT2D eigenvalue weighted by molar-refractivity contribution is -0.143. The molecule has 1 aromatic heterocycles.